The molecule has 0 saturated heterocycles. The summed E-state index contributed by atoms with van der Waals surface area (Å²) in [6, 6.07) is 0. The SMILES string of the molecule is CCC(=O)NCCOCCOCCN(C)C. The highest BCUT2D eigenvalue weighted by Gasteiger charge is 1.95. The number of amides is 1. The summed E-state index contributed by atoms with van der Waals surface area (Å²) in [5, 5.41) is 2.74. The number of likely N-dealkylation sites (N-methyl/N-ethyl adjacent to an activating group) is 1. The zero-order chi connectivity index (χ0) is 12.2. The fourth-order valence-electron chi connectivity index (χ4n) is 0.957. The summed E-state index contributed by atoms with van der Waals surface area (Å²) < 4.78 is 10.6. The van der Waals surface area contributed by atoms with Crippen molar-refractivity contribution in [3.63, 3.8) is 0 Å². The molecule has 0 atom stereocenters. The van der Waals surface area contributed by atoms with E-state index in [1.807, 2.05) is 21.0 Å². The third kappa shape index (κ3) is 11.4. The maximum absolute atomic E-state index is 10.9. The molecule has 0 aromatic rings. The lowest BCUT2D eigenvalue weighted by molar-refractivity contribution is -0.121. The first-order chi connectivity index (χ1) is 7.66. The van der Waals surface area contributed by atoms with Crippen molar-refractivity contribution in [2.75, 3.05) is 53.6 Å². The Morgan fingerprint density at radius 3 is 2.31 bits per heavy atom. The number of nitrogens with one attached hydrogen (secondary N) is 1. The Morgan fingerprint density at radius 1 is 1.12 bits per heavy atom. The molecule has 0 aliphatic heterocycles. The lowest BCUT2D eigenvalue weighted by atomic mass is 10.4. The van der Waals surface area contributed by atoms with Crippen LogP contribution in [0.25, 0.3) is 0 Å². The van der Waals surface area contributed by atoms with E-state index in [9.17, 15) is 4.79 Å². The summed E-state index contributed by atoms with van der Waals surface area (Å²) in [6.45, 7) is 5.78. The molecular formula is C11H24N2O3. The minimum atomic E-state index is 0.0610. The first-order valence-electron chi connectivity index (χ1n) is 5.73. The molecule has 0 radical (unpaired) electrons. The van der Waals surface area contributed by atoms with Gasteiger partial charge in [0.15, 0.2) is 0 Å². The highest BCUT2D eigenvalue weighted by molar-refractivity contribution is 5.75. The van der Waals surface area contributed by atoms with E-state index in [1.165, 1.54) is 0 Å². The third-order valence-corrected chi connectivity index (χ3v) is 1.94. The van der Waals surface area contributed by atoms with Crippen LogP contribution in [0.4, 0.5) is 0 Å². The van der Waals surface area contributed by atoms with E-state index in [2.05, 4.69) is 10.2 Å². The monoisotopic (exact) mass is 232 g/mol. The molecule has 0 spiro atoms. The Kier molecular flexibility index (Phi) is 10.4. The van der Waals surface area contributed by atoms with E-state index < -0.39 is 0 Å². The van der Waals surface area contributed by atoms with Gasteiger partial charge in [-0.15, -0.1) is 0 Å². The van der Waals surface area contributed by atoms with Crippen molar-refractivity contribution in [3.8, 4) is 0 Å². The third-order valence-electron chi connectivity index (χ3n) is 1.94. The molecule has 0 rings (SSSR count). The Bertz CT molecular complexity index is 175. The molecule has 0 aromatic carbocycles. The van der Waals surface area contributed by atoms with Crippen LogP contribution in [0.3, 0.4) is 0 Å². The number of carbonyl (C=O) groups excluding carboxylic acids is 1. The van der Waals surface area contributed by atoms with Crippen LogP contribution in [0.2, 0.25) is 0 Å². The molecule has 0 saturated carbocycles. The molecule has 0 aromatic heterocycles. The molecule has 0 unspecified atom stereocenters. The quantitative estimate of drug-likeness (QED) is 0.543. The first kappa shape index (κ1) is 15.3. The summed E-state index contributed by atoms with van der Waals surface area (Å²) in [5.74, 6) is 0.0610. The second-order valence-corrected chi connectivity index (χ2v) is 3.73. The van der Waals surface area contributed by atoms with Crippen molar-refractivity contribution in [3.05, 3.63) is 0 Å². The van der Waals surface area contributed by atoms with Crippen LogP contribution in [-0.2, 0) is 14.3 Å². The smallest absolute Gasteiger partial charge is 0.219 e. The maximum atomic E-state index is 10.9. The van der Waals surface area contributed by atoms with Crippen molar-refractivity contribution >= 4 is 5.91 Å². The van der Waals surface area contributed by atoms with Crippen molar-refractivity contribution < 1.29 is 14.3 Å². The first-order valence-corrected chi connectivity index (χ1v) is 5.73. The topological polar surface area (TPSA) is 50.8 Å². The molecular weight excluding hydrogens is 208 g/mol. The normalized spacial score (nSPS) is 10.8. The average molecular weight is 232 g/mol. The van der Waals surface area contributed by atoms with Crippen LogP contribution in [0.5, 0.6) is 0 Å². The number of nitrogens with zero attached hydrogens (tertiary/aromatic N) is 1. The van der Waals surface area contributed by atoms with E-state index >= 15 is 0 Å². The van der Waals surface area contributed by atoms with E-state index in [0.29, 0.717) is 32.8 Å². The molecule has 0 aliphatic rings. The van der Waals surface area contributed by atoms with Gasteiger partial charge in [0.2, 0.25) is 5.91 Å². The zero-order valence-corrected chi connectivity index (χ0v) is 10.6. The lowest BCUT2D eigenvalue weighted by Gasteiger charge is -2.10. The molecule has 0 fully saturated rings. The highest BCUT2D eigenvalue weighted by Crippen LogP contribution is 1.81. The van der Waals surface area contributed by atoms with Gasteiger partial charge in [0, 0.05) is 19.5 Å². The van der Waals surface area contributed by atoms with Crippen molar-refractivity contribution in [2.24, 2.45) is 0 Å². The van der Waals surface area contributed by atoms with Crippen molar-refractivity contribution in [1.29, 1.82) is 0 Å². The maximum Gasteiger partial charge on any atom is 0.219 e. The van der Waals surface area contributed by atoms with Crippen LogP contribution in [0.1, 0.15) is 13.3 Å². The summed E-state index contributed by atoms with van der Waals surface area (Å²) in [6.07, 6.45) is 0.521. The van der Waals surface area contributed by atoms with E-state index in [4.69, 9.17) is 9.47 Å². The van der Waals surface area contributed by atoms with Crippen LogP contribution >= 0.6 is 0 Å². The van der Waals surface area contributed by atoms with Crippen LogP contribution in [0.15, 0.2) is 0 Å². The van der Waals surface area contributed by atoms with Gasteiger partial charge in [-0.2, -0.15) is 0 Å². The van der Waals surface area contributed by atoms with Crippen molar-refractivity contribution in [1.82, 2.24) is 10.2 Å². The van der Waals surface area contributed by atoms with Gasteiger partial charge in [-0.05, 0) is 14.1 Å². The summed E-state index contributed by atoms with van der Waals surface area (Å²) in [7, 11) is 4.02. The van der Waals surface area contributed by atoms with E-state index in [1.54, 1.807) is 0 Å². The van der Waals surface area contributed by atoms with E-state index in [0.717, 1.165) is 13.2 Å². The Balaban J connectivity index is 3.01. The molecule has 5 nitrogen and oxygen atoms in total. The Morgan fingerprint density at radius 2 is 1.75 bits per heavy atom. The Hall–Kier alpha value is -0.650. The van der Waals surface area contributed by atoms with Crippen LogP contribution < -0.4 is 5.32 Å². The van der Waals surface area contributed by atoms with Gasteiger partial charge in [-0.25, -0.2) is 0 Å². The lowest BCUT2D eigenvalue weighted by Crippen LogP contribution is -2.26. The molecule has 0 aliphatic carbocycles. The number of carbonyl (C=O) groups is 1. The van der Waals surface area contributed by atoms with Crippen LogP contribution in [0, 0.1) is 0 Å². The fraction of sp³-hybridized carbons (Fsp3) is 0.909. The van der Waals surface area contributed by atoms with Gasteiger partial charge in [-0.3, -0.25) is 4.79 Å². The largest absolute Gasteiger partial charge is 0.378 e. The van der Waals surface area contributed by atoms with Gasteiger partial charge < -0.3 is 19.7 Å². The minimum Gasteiger partial charge on any atom is -0.378 e. The molecule has 1 N–H and O–H groups in total. The number of hydrogen-bond donors (Lipinski definition) is 1. The molecule has 96 valence electrons. The standard InChI is InChI=1S/C11H24N2O3/c1-4-11(14)12-5-7-15-9-10-16-8-6-13(2)3/h4-10H2,1-3H3,(H,12,14). The minimum absolute atomic E-state index is 0.0610. The van der Waals surface area contributed by atoms with Gasteiger partial charge >= 0.3 is 0 Å². The van der Waals surface area contributed by atoms with Gasteiger partial charge in [0.05, 0.1) is 26.4 Å². The van der Waals surface area contributed by atoms with Gasteiger partial charge in [-0.1, -0.05) is 6.92 Å². The molecule has 16 heavy (non-hydrogen) atoms. The Labute approximate surface area is 98.1 Å². The number of ether oxygens (including phenoxy) is 2. The predicted molar refractivity (Wildman–Crippen MR) is 63.5 cm³/mol. The van der Waals surface area contributed by atoms with Gasteiger partial charge in [0.25, 0.3) is 0 Å². The summed E-state index contributed by atoms with van der Waals surface area (Å²) >= 11 is 0. The molecule has 0 heterocycles. The molecule has 1 amide bonds. The number of hydrogen-bond acceptors (Lipinski definition) is 4. The summed E-state index contributed by atoms with van der Waals surface area (Å²) in [4.78, 5) is 12.9. The van der Waals surface area contributed by atoms with Crippen molar-refractivity contribution in [2.45, 2.75) is 13.3 Å². The van der Waals surface area contributed by atoms with E-state index in [-0.39, 0.29) is 5.91 Å². The molecule has 0 bridgehead atoms. The average Bonchev–Trinajstić information content (AvgIpc) is 2.26. The zero-order valence-electron chi connectivity index (χ0n) is 10.6. The highest BCUT2D eigenvalue weighted by atomic mass is 16.5. The summed E-state index contributed by atoms with van der Waals surface area (Å²) in [5.41, 5.74) is 0. The fourth-order valence-corrected chi connectivity index (χ4v) is 0.957. The second-order valence-electron chi connectivity index (χ2n) is 3.73. The second kappa shape index (κ2) is 10.9. The van der Waals surface area contributed by atoms with Crippen LogP contribution in [-0.4, -0.2) is 64.4 Å². The molecule has 5 heteroatoms. The predicted octanol–water partition coefficient (Wildman–Crippen LogP) is 0.107. The number of rotatable bonds is 10. The van der Waals surface area contributed by atoms with Gasteiger partial charge in [0.1, 0.15) is 0 Å².